The lowest BCUT2D eigenvalue weighted by Gasteiger charge is -2.05. The van der Waals surface area contributed by atoms with Crippen LogP contribution in [0.25, 0.3) is 10.8 Å². The summed E-state index contributed by atoms with van der Waals surface area (Å²) in [4.78, 5) is 13.8. The first-order valence-electron chi connectivity index (χ1n) is 8.59. The Hall–Kier alpha value is -3.05. The summed E-state index contributed by atoms with van der Waals surface area (Å²) < 4.78 is 14.7. The molecule has 27 heavy (non-hydrogen) atoms. The van der Waals surface area contributed by atoms with Gasteiger partial charge in [-0.05, 0) is 40.6 Å². The summed E-state index contributed by atoms with van der Waals surface area (Å²) in [6.45, 7) is 0.0799. The van der Waals surface area contributed by atoms with E-state index in [1.165, 1.54) is 51.9 Å². The highest BCUT2D eigenvalue weighted by molar-refractivity contribution is 7.09. The Morgan fingerprint density at radius 1 is 1.00 bits per heavy atom. The van der Waals surface area contributed by atoms with Crippen LogP contribution in [-0.2, 0) is 13.0 Å². The van der Waals surface area contributed by atoms with Gasteiger partial charge in [-0.2, -0.15) is 0 Å². The zero-order valence-corrected chi connectivity index (χ0v) is 15.3. The van der Waals surface area contributed by atoms with Crippen LogP contribution in [0.1, 0.15) is 20.8 Å². The van der Waals surface area contributed by atoms with Crippen LogP contribution in [0, 0.1) is 11.2 Å². The van der Waals surface area contributed by atoms with Gasteiger partial charge in [0.15, 0.2) is 10.6 Å². The molecule has 1 aromatic heterocycles. The Bertz CT molecular complexity index is 1170. The molecule has 4 rings (SSSR count). The number of fused-ring (bicyclic) bond motifs is 1. The Morgan fingerprint density at radius 3 is 2.56 bits per heavy atom. The maximum Gasteiger partial charge on any atom is 0.182 e. The zero-order chi connectivity index (χ0) is 18.8. The topological polar surface area (TPSA) is 45.9 Å². The van der Waals surface area contributed by atoms with Crippen molar-refractivity contribution < 1.29 is 9.18 Å². The molecule has 134 valence electrons. The number of rotatable bonds is 5. The summed E-state index contributed by atoms with van der Waals surface area (Å²) in [7, 11) is 0. The number of hydrogen-bond acceptors (Lipinski definition) is 3. The van der Waals surface area contributed by atoms with Crippen molar-refractivity contribution in [2.45, 2.75) is 13.0 Å². The molecule has 0 saturated heterocycles. The molecule has 0 radical (unpaired) electrons. The first kappa shape index (κ1) is 17.4. The predicted molar refractivity (Wildman–Crippen MR) is 106 cm³/mol. The average Bonchev–Trinajstić information content (AvgIpc) is 3.01. The first-order chi connectivity index (χ1) is 13.1. The number of benzene rings is 3. The molecule has 0 unspecified atom stereocenters. The molecule has 0 spiro atoms. The standard InChI is InChI=1S/C22H17FN2OS/c23-18-10-8-16(9-11-18)21(26)14-25-13-19(27-22(25)24)12-17-6-3-5-15-4-1-2-7-20(15)17/h1-11,13,24H,12,14H2. The molecule has 0 aliphatic carbocycles. The van der Waals surface area contributed by atoms with E-state index in [9.17, 15) is 9.18 Å². The number of carbonyl (C=O) groups is 1. The number of nitrogens with one attached hydrogen (secondary N) is 1. The van der Waals surface area contributed by atoms with Gasteiger partial charge in [0.25, 0.3) is 0 Å². The third kappa shape index (κ3) is 3.73. The molecule has 3 nitrogen and oxygen atoms in total. The molecule has 0 aliphatic rings. The Kier molecular flexibility index (Phi) is 4.69. The summed E-state index contributed by atoms with van der Waals surface area (Å²) in [5.74, 6) is -0.503. The molecule has 3 aromatic carbocycles. The van der Waals surface area contributed by atoms with E-state index in [0.717, 1.165) is 11.3 Å². The summed E-state index contributed by atoms with van der Waals surface area (Å²) in [6, 6.07) is 20.0. The van der Waals surface area contributed by atoms with Gasteiger partial charge in [0.1, 0.15) is 5.82 Å². The van der Waals surface area contributed by atoms with Crippen LogP contribution in [0.5, 0.6) is 0 Å². The van der Waals surface area contributed by atoms with Crippen LogP contribution in [-0.4, -0.2) is 10.4 Å². The maximum atomic E-state index is 13.0. The van der Waals surface area contributed by atoms with Crippen molar-refractivity contribution in [2.75, 3.05) is 0 Å². The fourth-order valence-electron chi connectivity index (χ4n) is 3.16. The molecule has 0 bridgehead atoms. The van der Waals surface area contributed by atoms with Gasteiger partial charge in [-0.3, -0.25) is 10.2 Å². The number of nitrogens with zero attached hydrogens (tertiary/aromatic N) is 1. The molecule has 1 heterocycles. The minimum atomic E-state index is -0.367. The summed E-state index contributed by atoms with van der Waals surface area (Å²) in [6.07, 6.45) is 2.59. The van der Waals surface area contributed by atoms with E-state index < -0.39 is 0 Å². The van der Waals surface area contributed by atoms with Crippen LogP contribution in [0.2, 0.25) is 0 Å². The molecule has 0 atom stereocenters. The average molecular weight is 376 g/mol. The maximum absolute atomic E-state index is 13.0. The Labute approximate surface area is 159 Å². The highest BCUT2D eigenvalue weighted by atomic mass is 32.1. The van der Waals surface area contributed by atoms with Gasteiger partial charge in [-0.1, -0.05) is 42.5 Å². The zero-order valence-electron chi connectivity index (χ0n) is 14.5. The molecule has 4 aromatic rings. The largest absolute Gasteiger partial charge is 0.316 e. The minimum Gasteiger partial charge on any atom is -0.316 e. The molecular formula is C22H17FN2OS. The molecule has 1 N–H and O–H groups in total. The second-order valence-electron chi connectivity index (χ2n) is 6.38. The van der Waals surface area contributed by atoms with Crippen molar-refractivity contribution >= 4 is 27.9 Å². The third-order valence-electron chi connectivity index (χ3n) is 4.51. The lowest BCUT2D eigenvalue weighted by molar-refractivity contribution is 0.0971. The van der Waals surface area contributed by atoms with E-state index in [-0.39, 0.29) is 18.1 Å². The van der Waals surface area contributed by atoms with Gasteiger partial charge in [-0.15, -0.1) is 11.3 Å². The van der Waals surface area contributed by atoms with Crippen molar-refractivity contribution in [1.82, 2.24) is 4.57 Å². The Morgan fingerprint density at radius 2 is 1.74 bits per heavy atom. The van der Waals surface area contributed by atoms with Crippen molar-refractivity contribution in [3.8, 4) is 0 Å². The lowest BCUT2D eigenvalue weighted by Crippen LogP contribution is -2.18. The summed E-state index contributed by atoms with van der Waals surface area (Å²) >= 11 is 1.37. The SMILES string of the molecule is N=c1sc(Cc2cccc3ccccc23)cn1CC(=O)c1ccc(F)cc1. The number of carbonyl (C=O) groups excluding carboxylic acids is 1. The van der Waals surface area contributed by atoms with Crippen LogP contribution in [0.3, 0.4) is 0 Å². The van der Waals surface area contributed by atoms with E-state index in [1.807, 2.05) is 24.4 Å². The second-order valence-corrected chi connectivity index (χ2v) is 7.49. The van der Waals surface area contributed by atoms with E-state index in [0.29, 0.717) is 10.4 Å². The van der Waals surface area contributed by atoms with E-state index in [2.05, 4.69) is 24.3 Å². The normalized spacial score (nSPS) is 11.0. The molecule has 5 heteroatoms. The van der Waals surface area contributed by atoms with Gasteiger partial charge in [0.05, 0.1) is 6.54 Å². The fraction of sp³-hybridized carbons (Fsp3) is 0.0909. The van der Waals surface area contributed by atoms with Crippen LogP contribution < -0.4 is 4.80 Å². The lowest BCUT2D eigenvalue weighted by atomic mass is 10.0. The van der Waals surface area contributed by atoms with Crippen molar-refractivity contribution in [1.29, 1.82) is 5.41 Å². The van der Waals surface area contributed by atoms with Gasteiger partial charge < -0.3 is 4.57 Å². The van der Waals surface area contributed by atoms with Crippen LogP contribution >= 0.6 is 11.3 Å². The smallest absolute Gasteiger partial charge is 0.182 e. The third-order valence-corrected chi connectivity index (χ3v) is 5.45. The van der Waals surface area contributed by atoms with Crippen molar-refractivity contribution in [3.05, 3.63) is 99.5 Å². The monoisotopic (exact) mass is 376 g/mol. The van der Waals surface area contributed by atoms with E-state index in [4.69, 9.17) is 5.41 Å². The molecular weight excluding hydrogens is 359 g/mol. The minimum absolute atomic E-state index is 0.0799. The number of thiazole rings is 1. The fourth-order valence-corrected chi connectivity index (χ4v) is 4.05. The quantitative estimate of drug-likeness (QED) is 0.500. The number of Topliss-reactive ketones (excluding diaryl/α,β-unsaturated/α-hetero) is 1. The van der Waals surface area contributed by atoms with Crippen molar-refractivity contribution in [2.24, 2.45) is 0 Å². The molecule has 0 amide bonds. The Balaban J connectivity index is 1.57. The highest BCUT2D eigenvalue weighted by Gasteiger charge is 2.11. The highest BCUT2D eigenvalue weighted by Crippen LogP contribution is 2.22. The number of hydrogen-bond donors (Lipinski definition) is 1. The predicted octanol–water partition coefficient (Wildman–Crippen LogP) is 4.80. The molecule has 0 fully saturated rings. The first-order valence-corrected chi connectivity index (χ1v) is 9.41. The van der Waals surface area contributed by atoms with Crippen LogP contribution in [0.4, 0.5) is 4.39 Å². The van der Waals surface area contributed by atoms with Gasteiger partial charge in [0, 0.05) is 23.1 Å². The second kappa shape index (κ2) is 7.29. The van der Waals surface area contributed by atoms with Gasteiger partial charge >= 0.3 is 0 Å². The summed E-state index contributed by atoms with van der Waals surface area (Å²) in [5.41, 5.74) is 1.65. The van der Waals surface area contributed by atoms with Gasteiger partial charge in [0.2, 0.25) is 0 Å². The van der Waals surface area contributed by atoms with Crippen LogP contribution in [0.15, 0.2) is 72.9 Å². The van der Waals surface area contributed by atoms with E-state index >= 15 is 0 Å². The number of halogens is 1. The molecule has 0 saturated carbocycles. The van der Waals surface area contributed by atoms with Gasteiger partial charge in [-0.25, -0.2) is 4.39 Å². The van der Waals surface area contributed by atoms with Crippen molar-refractivity contribution in [3.63, 3.8) is 0 Å². The molecule has 0 aliphatic heterocycles. The van der Waals surface area contributed by atoms with E-state index in [1.54, 1.807) is 4.57 Å². The number of ketones is 1. The summed E-state index contributed by atoms with van der Waals surface area (Å²) in [5, 5.41) is 10.6. The number of aromatic nitrogens is 1.